The van der Waals surface area contributed by atoms with Crippen LogP contribution in [0.1, 0.15) is 59.2 Å². The second-order valence-corrected chi connectivity index (χ2v) is 9.66. The van der Waals surface area contributed by atoms with Gasteiger partial charge in [0.25, 0.3) is 11.8 Å². The number of nitrogens with one attached hydrogen (secondary N) is 2. The lowest BCUT2D eigenvalue weighted by atomic mass is 10.1. The molecule has 0 unspecified atom stereocenters. The van der Waals surface area contributed by atoms with Gasteiger partial charge in [0.05, 0.1) is 21.2 Å². The van der Waals surface area contributed by atoms with E-state index in [1.54, 1.807) is 20.8 Å². The molecule has 2 N–H and O–H groups in total. The molecule has 0 aliphatic carbocycles. The lowest BCUT2D eigenvalue weighted by Gasteiger charge is -2.19. The SMILES string of the molecule is CC(C)(C)OC(=O)CCc1cc(Cl)c(C(=O)NNC(=O)c2cn3cc(C(F)(F)F)cc(Cl)c3n2)cc1F. The summed E-state index contributed by atoms with van der Waals surface area (Å²) in [7, 11) is 0. The average Bonchev–Trinajstić information content (AvgIpc) is 3.21. The smallest absolute Gasteiger partial charge is 0.417 e. The van der Waals surface area contributed by atoms with Crippen molar-refractivity contribution in [1.82, 2.24) is 20.2 Å². The topological polar surface area (TPSA) is 102 Å². The number of alkyl halides is 3. The molecule has 0 spiro atoms. The van der Waals surface area contributed by atoms with E-state index in [2.05, 4.69) is 4.98 Å². The molecule has 2 heterocycles. The van der Waals surface area contributed by atoms with Crippen LogP contribution in [0.15, 0.2) is 30.6 Å². The molecule has 0 bridgehead atoms. The van der Waals surface area contributed by atoms with Crippen molar-refractivity contribution in [2.75, 3.05) is 0 Å². The number of ether oxygens (including phenoxy) is 1. The predicted molar refractivity (Wildman–Crippen MR) is 126 cm³/mol. The van der Waals surface area contributed by atoms with Gasteiger partial charge in [-0.2, -0.15) is 13.2 Å². The highest BCUT2D eigenvalue weighted by molar-refractivity contribution is 6.34. The summed E-state index contributed by atoms with van der Waals surface area (Å²) in [5, 5.41) is -0.488. The zero-order chi connectivity index (χ0) is 27.7. The Bertz CT molecular complexity index is 1380. The van der Waals surface area contributed by atoms with Gasteiger partial charge in [0.2, 0.25) is 0 Å². The molecule has 0 atom stereocenters. The van der Waals surface area contributed by atoms with E-state index in [0.29, 0.717) is 12.3 Å². The first-order valence-electron chi connectivity index (χ1n) is 10.6. The molecule has 3 rings (SSSR count). The molecule has 2 aromatic heterocycles. The van der Waals surface area contributed by atoms with Crippen molar-refractivity contribution in [3.05, 3.63) is 68.8 Å². The molecule has 0 saturated heterocycles. The van der Waals surface area contributed by atoms with Gasteiger partial charge in [-0.15, -0.1) is 0 Å². The Balaban J connectivity index is 1.67. The third-order valence-electron chi connectivity index (χ3n) is 4.76. The molecule has 0 radical (unpaired) electrons. The number of fused-ring (bicyclic) bond motifs is 1. The molecule has 0 aliphatic rings. The molecule has 3 aromatic rings. The monoisotopic (exact) mass is 562 g/mol. The number of hydrogen-bond donors (Lipinski definition) is 2. The van der Waals surface area contributed by atoms with Gasteiger partial charge in [0.15, 0.2) is 5.65 Å². The van der Waals surface area contributed by atoms with E-state index in [-0.39, 0.29) is 45.4 Å². The number of nitrogens with zero attached hydrogens (tertiary/aromatic N) is 2. The van der Waals surface area contributed by atoms with Crippen LogP contribution in [0.5, 0.6) is 0 Å². The first-order chi connectivity index (χ1) is 17.0. The molecule has 0 fully saturated rings. The summed E-state index contributed by atoms with van der Waals surface area (Å²) in [5.74, 6) is -3.29. The summed E-state index contributed by atoms with van der Waals surface area (Å²) < 4.78 is 59.6. The van der Waals surface area contributed by atoms with Crippen molar-refractivity contribution in [3.63, 3.8) is 0 Å². The number of halogens is 6. The average molecular weight is 563 g/mol. The Kier molecular flexibility index (Phi) is 8.03. The number of hydrazine groups is 1. The number of amides is 2. The minimum absolute atomic E-state index is 0.0222. The van der Waals surface area contributed by atoms with Crippen LogP contribution in [0.4, 0.5) is 17.6 Å². The first-order valence-corrected chi connectivity index (χ1v) is 11.4. The van der Waals surface area contributed by atoms with E-state index in [9.17, 15) is 31.9 Å². The number of esters is 1. The summed E-state index contributed by atoms with van der Waals surface area (Å²) in [5.41, 5.74) is 1.62. The van der Waals surface area contributed by atoms with Crippen LogP contribution in [0.25, 0.3) is 5.65 Å². The highest BCUT2D eigenvalue weighted by Gasteiger charge is 2.32. The molecule has 0 saturated carbocycles. The molecule has 37 heavy (non-hydrogen) atoms. The van der Waals surface area contributed by atoms with Crippen LogP contribution in [0.2, 0.25) is 10.0 Å². The van der Waals surface area contributed by atoms with Crippen LogP contribution in [-0.2, 0) is 22.1 Å². The molecular weight excluding hydrogens is 543 g/mol. The standard InChI is InChI=1S/C23H20Cl2F4N4O4/c1-22(2,3)37-18(34)5-4-11-6-14(24)13(8-16(11)26)20(35)31-32-21(36)17-10-33-9-12(23(27,28)29)7-15(25)19(33)30-17/h6-10H,4-5H2,1-3H3,(H,31,35)(H,32,36). The highest BCUT2D eigenvalue weighted by Crippen LogP contribution is 2.32. The van der Waals surface area contributed by atoms with E-state index in [1.165, 1.54) is 6.07 Å². The Labute approximate surface area is 217 Å². The van der Waals surface area contributed by atoms with Gasteiger partial charge >= 0.3 is 12.1 Å². The number of hydrogen-bond acceptors (Lipinski definition) is 5. The van der Waals surface area contributed by atoms with Gasteiger partial charge in [-0.1, -0.05) is 23.2 Å². The zero-order valence-corrected chi connectivity index (χ0v) is 21.1. The third-order valence-corrected chi connectivity index (χ3v) is 5.35. The maximum atomic E-state index is 14.5. The van der Waals surface area contributed by atoms with Crippen LogP contribution in [0.3, 0.4) is 0 Å². The normalized spacial score (nSPS) is 11.9. The Morgan fingerprint density at radius 2 is 1.65 bits per heavy atom. The Morgan fingerprint density at radius 1 is 1.00 bits per heavy atom. The van der Waals surface area contributed by atoms with Gasteiger partial charge < -0.3 is 9.14 Å². The predicted octanol–water partition coefficient (Wildman–Crippen LogP) is 5.15. The Hall–Kier alpha value is -3.38. The lowest BCUT2D eigenvalue weighted by Crippen LogP contribution is -2.42. The van der Waals surface area contributed by atoms with Gasteiger partial charge in [0.1, 0.15) is 17.1 Å². The van der Waals surface area contributed by atoms with E-state index >= 15 is 0 Å². The fourth-order valence-corrected chi connectivity index (χ4v) is 3.68. The number of pyridine rings is 1. The zero-order valence-electron chi connectivity index (χ0n) is 19.6. The van der Waals surface area contributed by atoms with Gasteiger partial charge in [0, 0.05) is 18.8 Å². The second kappa shape index (κ2) is 10.5. The largest absolute Gasteiger partial charge is 0.460 e. The van der Waals surface area contributed by atoms with E-state index in [1.807, 2.05) is 10.9 Å². The summed E-state index contributed by atoms with van der Waals surface area (Å²) in [6.07, 6.45) is -3.11. The molecule has 0 aliphatic heterocycles. The number of rotatable bonds is 5. The fraction of sp³-hybridized carbons (Fsp3) is 0.304. The lowest BCUT2D eigenvalue weighted by molar-refractivity contribution is -0.154. The van der Waals surface area contributed by atoms with Crippen molar-refractivity contribution in [2.45, 2.75) is 45.4 Å². The quantitative estimate of drug-likeness (QED) is 0.254. The molecular formula is C23H20Cl2F4N4O4. The number of aryl methyl sites for hydroxylation is 1. The summed E-state index contributed by atoms with van der Waals surface area (Å²) in [6.45, 7) is 5.09. The van der Waals surface area contributed by atoms with Crippen LogP contribution in [-0.4, -0.2) is 32.8 Å². The minimum atomic E-state index is -4.67. The number of benzene rings is 1. The number of carbonyl (C=O) groups excluding carboxylic acids is 3. The summed E-state index contributed by atoms with van der Waals surface area (Å²) >= 11 is 11.9. The maximum absolute atomic E-state index is 14.5. The van der Waals surface area contributed by atoms with Crippen molar-refractivity contribution in [2.24, 2.45) is 0 Å². The first kappa shape index (κ1) is 28.2. The van der Waals surface area contributed by atoms with Crippen LogP contribution >= 0.6 is 23.2 Å². The van der Waals surface area contributed by atoms with Crippen molar-refractivity contribution < 1.29 is 36.7 Å². The van der Waals surface area contributed by atoms with Crippen molar-refractivity contribution in [3.8, 4) is 0 Å². The minimum Gasteiger partial charge on any atom is -0.460 e. The molecule has 198 valence electrons. The Morgan fingerprint density at radius 3 is 2.27 bits per heavy atom. The van der Waals surface area contributed by atoms with Crippen molar-refractivity contribution in [1.29, 1.82) is 0 Å². The maximum Gasteiger partial charge on any atom is 0.417 e. The highest BCUT2D eigenvalue weighted by atomic mass is 35.5. The second-order valence-electron chi connectivity index (χ2n) is 8.85. The van der Waals surface area contributed by atoms with Gasteiger partial charge in [-0.05, 0) is 51.0 Å². The molecule has 2 amide bonds. The summed E-state index contributed by atoms with van der Waals surface area (Å²) in [4.78, 5) is 40.5. The van der Waals surface area contributed by atoms with Crippen LogP contribution < -0.4 is 10.9 Å². The summed E-state index contributed by atoms with van der Waals surface area (Å²) in [6, 6.07) is 2.69. The van der Waals surface area contributed by atoms with Gasteiger partial charge in [-0.3, -0.25) is 25.2 Å². The molecule has 1 aromatic carbocycles. The number of aromatic nitrogens is 2. The van der Waals surface area contributed by atoms with E-state index in [0.717, 1.165) is 16.7 Å². The van der Waals surface area contributed by atoms with E-state index < -0.39 is 40.9 Å². The molecule has 14 heteroatoms. The van der Waals surface area contributed by atoms with Crippen molar-refractivity contribution >= 4 is 46.6 Å². The fourth-order valence-electron chi connectivity index (χ4n) is 3.15. The molecule has 8 nitrogen and oxygen atoms in total. The van der Waals surface area contributed by atoms with Crippen LogP contribution in [0, 0.1) is 5.82 Å². The van der Waals surface area contributed by atoms with E-state index in [4.69, 9.17) is 27.9 Å². The third kappa shape index (κ3) is 7.10. The van der Waals surface area contributed by atoms with Gasteiger partial charge in [-0.25, -0.2) is 9.37 Å². The number of carbonyl (C=O) groups is 3. The number of imidazole rings is 1.